The van der Waals surface area contributed by atoms with Gasteiger partial charge in [0.2, 0.25) is 5.91 Å². The maximum absolute atomic E-state index is 11.7. The lowest BCUT2D eigenvalue weighted by atomic mass is 10.2. The van der Waals surface area contributed by atoms with Crippen molar-refractivity contribution >= 4 is 28.5 Å². The van der Waals surface area contributed by atoms with Gasteiger partial charge < -0.3 is 10.2 Å². The second kappa shape index (κ2) is 5.77. The van der Waals surface area contributed by atoms with Crippen LogP contribution in [0.2, 0.25) is 0 Å². The van der Waals surface area contributed by atoms with Crippen molar-refractivity contribution in [1.29, 1.82) is 0 Å². The molecule has 2 aromatic rings. The molecule has 1 N–H and O–H groups in total. The van der Waals surface area contributed by atoms with Gasteiger partial charge in [-0.3, -0.25) is 4.79 Å². The van der Waals surface area contributed by atoms with E-state index in [4.69, 9.17) is 4.84 Å². The molecule has 0 spiro atoms. The number of amides is 1. The quantitative estimate of drug-likeness (QED) is 0.932. The third-order valence-corrected chi connectivity index (χ3v) is 2.93. The van der Waals surface area contributed by atoms with Gasteiger partial charge in [-0.15, -0.1) is 0 Å². The van der Waals surface area contributed by atoms with Gasteiger partial charge in [-0.2, -0.15) is 4.73 Å². The fraction of sp³-hybridized carbons (Fsp3) is 0.333. The Balaban J connectivity index is 2.43. The van der Waals surface area contributed by atoms with Gasteiger partial charge in [0.15, 0.2) is 0 Å². The predicted octanol–water partition coefficient (Wildman–Crippen LogP) is 2.66. The minimum atomic E-state index is -0.266. The van der Waals surface area contributed by atoms with Crippen LogP contribution in [0, 0.1) is 6.92 Å². The van der Waals surface area contributed by atoms with Gasteiger partial charge in [0.25, 0.3) is 0 Å². The van der Waals surface area contributed by atoms with Gasteiger partial charge in [-0.25, -0.2) is 4.79 Å². The lowest BCUT2D eigenvalue weighted by molar-refractivity contribution is -0.143. The number of benzene rings is 1. The average molecular weight is 274 g/mol. The zero-order valence-corrected chi connectivity index (χ0v) is 11.9. The van der Waals surface area contributed by atoms with E-state index in [2.05, 4.69) is 5.32 Å². The first kappa shape index (κ1) is 14.1. The Morgan fingerprint density at radius 3 is 2.75 bits per heavy atom. The second-order valence-corrected chi connectivity index (χ2v) is 4.71. The summed E-state index contributed by atoms with van der Waals surface area (Å²) in [4.78, 5) is 28.2. The minimum absolute atomic E-state index is 0.133. The normalized spacial score (nSPS) is 10.6. The number of hydrogen-bond donors (Lipinski definition) is 1. The van der Waals surface area contributed by atoms with Gasteiger partial charge in [0.1, 0.15) is 0 Å². The van der Waals surface area contributed by atoms with Crippen LogP contribution in [-0.4, -0.2) is 16.6 Å². The summed E-state index contributed by atoms with van der Waals surface area (Å²) in [6, 6.07) is 7.38. The number of carbonyl (C=O) groups excluding carboxylic acids is 2. The van der Waals surface area contributed by atoms with Crippen LogP contribution in [0.15, 0.2) is 24.3 Å². The molecule has 1 aromatic heterocycles. The van der Waals surface area contributed by atoms with Crippen molar-refractivity contribution in [1.82, 2.24) is 4.73 Å². The molecule has 5 heteroatoms. The summed E-state index contributed by atoms with van der Waals surface area (Å²) >= 11 is 0. The molecule has 0 aliphatic rings. The first-order chi connectivity index (χ1) is 9.52. The lowest BCUT2D eigenvalue weighted by Crippen LogP contribution is -2.20. The maximum atomic E-state index is 11.7. The Bertz CT molecular complexity index is 658. The van der Waals surface area contributed by atoms with Crippen molar-refractivity contribution in [2.24, 2.45) is 0 Å². The van der Waals surface area contributed by atoms with Crippen LogP contribution in [0.1, 0.15) is 32.4 Å². The molecular formula is C15H18N2O3. The number of nitrogens with zero attached hydrogens (tertiary/aromatic N) is 1. The van der Waals surface area contributed by atoms with E-state index in [1.54, 1.807) is 0 Å². The molecule has 106 valence electrons. The van der Waals surface area contributed by atoms with Gasteiger partial charge in [0, 0.05) is 18.7 Å². The van der Waals surface area contributed by atoms with Crippen molar-refractivity contribution in [3.63, 3.8) is 0 Å². The van der Waals surface area contributed by atoms with Crippen LogP contribution in [-0.2, 0) is 9.59 Å². The molecule has 0 fully saturated rings. The van der Waals surface area contributed by atoms with Crippen molar-refractivity contribution in [2.45, 2.75) is 33.6 Å². The number of hydrogen-bond acceptors (Lipinski definition) is 3. The van der Waals surface area contributed by atoms with Crippen LogP contribution >= 0.6 is 0 Å². The maximum Gasteiger partial charge on any atom is 0.332 e. The minimum Gasteiger partial charge on any atom is -0.336 e. The van der Waals surface area contributed by atoms with Crippen molar-refractivity contribution in [3.05, 3.63) is 30.0 Å². The molecular weight excluding hydrogens is 256 g/mol. The highest BCUT2D eigenvalue weighted by molar-refractivity contribution is 6.01. The number of aryl methyl sites for hydroxylation is 1. The number of aromatic nitrogens is 1. The standard InChI is InChI=1S/C15H18N2O3/c1-4-6-15(19)20-17-10(2)9-12-13(16-11(3)18)7-5-8-14(12)17/h5,7-9H,4,6H2,1-3H3,(H,16,18). The summed E-state index contributed by atoms with van der Waals surface area (Å²) in [6.07, 6.45) is 1.12. The highest BCUT2D eigenvalue weighted by atomic mass is 16.7. The van der Waals surface area contributed by atoms with E-state index in [9.17, 15) is 9.59 Å². The summed E-state index contributed by atoms with van der Waals surface area (Å²) in [5.74, 6) is -0.399. The SMILES string of the molecule is CCCC(=O)On1c(C)cc2c(NC(C)=O)cccc21. The smallest absolute Gasteiger partial charge is 0.332 e. The first-order valence-electron chi connectivity index (χ1n) is 6.62. The van der Waals surface area contributed by atoms with E-state index in [0.717, 1.165) is 23.0 Å². The van der Waals surface area contributed by atoms with Crippen LogP contribution in [0.4, 0.5) is 5.69 Å². The summed E-state index contributed by atoms with van der Waals surface area (Å²) in [6.45, 7) is 5.25. The average Bonchev–Trinajstić information content (AvgIpc) is 2.67. The monoisotopic (exact) mass is 274 g/mol. The van der Waals surface area contributed by atoms with E-state index in [-0.39, 0.29) is 11.9 Å². The summed E-state index contributed by atoms with van der Waals surface area (Å²) in [5.41, 5.74) is 2.28. The van der Waals surface area contributed by atoms with E-state index in [0.29, 0.717) is 12.1 Å². The third kappa shape index (κ3) is 2.82. The number of fused-ring (bicyclic) bond motifs is 1. The van der Waals surface area contributed by atoms with E-state index < -0.39 is 0 Å². The zero-order chi connectivity index (χ0) is 14.7. The molecule has 0 saturated heterocycles. The zero-order valence-electron chi connectivity index (χ0n) is 11.9. The molecule has 0 aliphatic heterocycles. The summed E-state index contributed by atoms with van der Waals surface area (Å²) in [5, 5.41) is 3.63. The molecule has 0 atom stereocenters. The topological polar surface area (TPSA) is 60.3 Å². The predicted molar refractivity (Wildman–Crippen MR) is 77.5 cm³/mol. The van der Waals surface area contributed by atoms with E-state index in [1.807, 2.05) is 38.1 Å². The number of rotatable bonds is 4. The lowest BCUT2D eigenvalue weighted by Gasteiger charge is -2.08. The number of nitrogens with one attached hydrogen (secondary N) is 1. The van der Waals surface area contributed by atoms with E-state index in [1.165, 1.54) is 11.7 Å². The first-order valence-corrected chi connectivity index (χ1v) is 6.62. The van der Waals surface area contributed by atoms with Gasteiger partial charge in [0.05, 0.1) is 16.9 Å². The molecule has 20 heavy (non-hydrogen) atoms. The molecule has 2 rings (SSSR count). The summed E-state index contributed by atoms with van der Waals surface area (Å²) < 4.78 is 1.51. The summed E-state index contributed by atoms with van der Waals surface area (Å²) in [7, 11) is 0. The fourth-order valence-corrected chi connectivity index (χ4v) is 2.11. The van der Waals surface area contributed by atoms with E-state index >= 15 is 0 Å². The highest BCUT2D eigenvalue weighted by Crippen LogP contribution is 2.26. The Labute approximate surface area is 117 Å². The molecule has 0 bridgehead atoms. The Morgan fingerprint density at radius 1 is 1.35 bits per heavy atom. The molecule has 0 unspecified atom stereocenters. The van der Waals surface area contributed by atoms with Crippen molar-refractivity contribution in [2.75, 3.05) is 5.32 Å². The fourth-order valence-electron chi connectivity index (χ4n) is 2.11. The molecule has 5 nitrogen and oxygen atoms in total. The Kier molecular flexibility index (Phi) is 4.08. The van der Waals surface area contributed by atoms with Crippen molar-refractivity contribution in [3.8, 4) is 0 Å². The molecule has 0 aliphatic carbocycles. The Morgan fingerprint density at radius 2 is 2.10 bits per heavy atom. The van der Waals surface area contributed by atoms with Gasteiger partial charge in [-0.05, 0) is 31.5 Å². The van der Waals surface area contributed by atoms with Crippen LogP contribution in [0.3, 0.4) is 0 Å². The molecule has 0 saturated carbocycles. The van der Waals surface area contributed by atoms with Crippen LogP contribution < -0.4 is 10.2 Å². The van der Waals surface area contributed by atoms with Crippen molar-refractivity contribution < 1.29 is 14.4 Å². The highest BCUT2D eigenvalue weighted by Gasteiger charge is 2.13. The Hall–Kier alpha value is -2.30. The second-order valence-electron chi connectivity index (χ2n) is 4.71. The third-order valence-electron chi connectivity index (χ3n) is 2.93. The number of anilines is 1. The molecule has 1 heterocycles. The molecule has 1 amide bonds. The van der Waals surface area contributed by atoms with Gasteiger partial charge >= 0.3 is 5.97 Å². The van der Waals surface area contributed by atoms with Crippen LogP contribution in [0.25, 0.3) is 10.9 Å². The molecule has 1 aromatic carbocycles. The van der Waals surface area contributed by atoms with Gasteiger partial charge in [-0.1, -0.05) is 13.0 Å². The van der Waals surface area contributed by atoms with Crippen LogP contribution in [0.5, 0.6) is 0 Å². The molecule has 0 radical (unpaired) electrons. The number of carbonyl (C=O) groups is 2. The largest absolute Gasteiger partial charge is 0.336 e.